The van der Waals surface area contributed by atoms with E-state index in [0.29, 0.717) is 11.8 Å². The number of halogens is 1. The first kappa shape index (κ1) is 8.32. The van der Waals surface area contributed by atoms with Crippen LogP contribution in [-0.4, -0.2) is 6.04 Å². The molecule has 2 rings (SSSR count). The highest BCUT2D eigenvalue weighted by Crippen LogP contribution is 2.51. The van der Waals surface area contributed by atoms with Gasteiger partial charge in [0, 0.05) is 12.0 Å². The van der Waals surface area contributed by atoms with Gasteiger partial charge < -0.3 is 10.2 Å². The highest BCUT2D eigenvalue weighted by atomic mass is 79.9. The summed E-state index contributed by atoms with van der Waals surface area (Å²) in [6, 6.07) is 2.22. The molecule has 3 atom stereocenters. The van der Waals surface area contributed by atoms with Crippen LogP contribution in [0.4, 0.5) is 0 Å². The zero-order chi connectivity index (χ0) is 8.72. The van der Waals surface area contributed by atoms with E-state index in [1.807, 2.05) is 6.07 Å². The molecule has 3 unspecified atom stereocenters. The van der Waals surface area contributed by atoms with Crippen molar-refractivity contribution in [1.29, 1.82) is 0 Å². The van der Waals surface area contributed by atoms with Crippen LogP contribution in [0.2, 0.25) is 0 Å². The van der Waals surface area contributed by atoms with Crippen molar-refractivity contribution in [1.82, 2.24) is 0 Å². The van der Waals surface area contributed by atoms with E-state index in [9.17, 15) is 0 Å². The van der Waals surface area contributed by atoms with E-state index in [2.05, 4.69) is 22.9 Å². The largest absolute Gasteiger partial charge is 0.468 e. The van der Waals surface area contributed by atoms with Crippen LogP contribution in [0.1, 0.15) is 25.0 Å². The van der Waals surface area contributed by atoms with Gasteiger partial charge in [-0.25, -0.2) is 0 Å². The quantitative estimate of drug-likeness (QED) is 0.847. The summed E-state index contributed by atoms with van der Waals surface area (Å²) in [5.74, 6) is 2.24. The molecule has 1 heterocycles. The van der Waals surface area contributed by atoms with Gasteiger partial charge in [-0.3, -0.25) is 0 Å². The minimum absolute atomic E-state index is 0.284. The first-order valence-corrected chi connectivity index (χ1v) is 4.98. The lowest BCUT2D eigenvalue weighted by Crippen LogP contribution is -2.17. The molecule has 2 N–H and O–H groups in total. The van der Waals surface area contributed by atoms with Crippen LogP contribution in [0, 0.1) is 5.92 Å². The average Bonchev–Trinajstić information content (AvgIpc) is 2.70. The Bertz CT molecular complexity index is 282. The number of rotatable bonds is 2. The second-order valence-corrected chi connectivity index (χ2v) is 4.35. The summed E-state index contributed by atoms with van der Waals surface area (Å²) in [5.41, 5.74) is 5.79. The third kappa shape index (κ3) is 1.31. The predicted octanol–water partition coefficient (Wildman–Crippen LogP) is 2.49. The van der Waals surface area contributed by atoms with Crippen LogP contribution in [0.15, 0.2) is 21.2 Å². The molecule has 1 aromatic rings. The molecule has 3 heteroatoms. The number of hydrogen-bond acceptors (Lipinski definition) is 2. The fraction of sp³-hybridized carbons (Fsp3) is 0.556. The van der Waals surface area contributed by atoms with Crippen molar-refractivity contribution < 1.29 is 4.42 Å². The lowest BCUT2D eigenvalue weighted by Gasteiger charge is -2.01. The normalized spacial score (nSPS) is 30.2. The van der Waals surface area contributed by atoms with Crippen LogP contribution in [0.5, 0.6) is 0 Å². The molecule has 0 amide bonds. The van der Waals surface area contributed by atoms with Crippen molar-refractivity contribution in [2.75, 3.05) is 0 Å². The van der Waals surface area contributed by atoms with E-state index >= 15 is 0 Å². The Morgan fingerprint density at radius 2 is 2.50 bits per heavy atom. The van der Waals surface area contributed by atoms with Crippen LogP contribution < -0.4 is 5.73 Å². The van der Waals surface area contributed by atoms with Crippen LogP contribution in [-0.2, 0) is 0 Å². The molecular weight excluding hydrogens is 218 g/mol. The number of furan rings is 1. The fourth-order valence-electron chi connectivity index (χ4n) is 1.67. The molecule has 0 radical (unpaired) electrons. The van der Waals surface area contributed by atoms with Crippen LogP contribution in [0.3, 0.4) is 0 Å². The second kappa shape index (κ2) is 2.89. The first-order valence-electron chi connectivity index (χ1n) is 4.18. The Balaban J connectivity index is 2.10. The van der Waals surface area contributed by atoms with E-state index in [0.717, 1.165) is 10.2 Å². The second-order valence-electron chi connectivity index (χ2n) is 3.50. The zero-order valence-electron chi connectivity index (χ0n) is 6.96. The van der Waals surface area contributed by atoms with E-state index in [1.165, 1.54) is 6.42 Å². The predicted molar refractivity (Wildman–Crippen MR) is 50.9 cm³/mol. The molecular formula is C9H12BrNO. The van der Waals surface area contributed by atoms with Crippen molar-refractivity contribution in [2.24, 2.45) is 11.7 Å². The number of nitrogens with two attached hydrogens (primary N) is 1. The maximum atomic E-state index is 5.79. The summed E-state index contributed by atoms with van der Waals surface area (Å²) in [6.07, 6.45) is 2.89. The van der Waals surface area contributed by atoms with Gasteiger partial charge in [0.1, 0.15) is 5.76 Å². The summed E-state index contributed by atoms with van der Waals surface area (Å²) in [6.45, 7) is 2.06. The van der Waals surface area contributed by atoms with Crippen molar-refractivity contribution >= 4 is 15.9 Å². The van der Waals surface area contributed by atoms with Gasteiger partial charge in [0.2, 0.25) is 0 Å². The molecule has 1 saturated carbocycles. The molecule has 0 bridgehead atoms. The SMILES string of the molecule is CC(N)C1CC1c1occc1Br. The highest BCUT2D eigenvalue weighted by Gasteiger charge is 2.43. The van der Waals surface area contributed by atoms with E-state index < -0.39 is 0 Å². The smallest absolute Gasteiger partial charge is 0.121 e. The Kier molecular flexibility index (Phi) is 2.00. The van der Waals surface area contributed by atoms with Gasteiger partial charge in [0.15, 0.2) is 0 Å². The molecule has 1 aliphatic rings. The zero-order valence-corrected chi connectivity index (χ0v) is 8.54. The third-order valence-corrected chi connectivity index (χ3v) is 3.15. The molecule has 1 fully saturated rings. The van der Waals surface area contributed by atoms with E-state index in [4.69, 9.17) is 10.2 Å². The van der Waals surface area contributed by atoms with Gasteiger partial charge in [-0.2, -0.15) is 0 Å². The van der Waals surface area contributed by atoms with Gasteiger partial charge in [-0.15, -0.1) is 0 Å². The summed E-state index contributed by atoms with van der Waals surface area (Å²) in [7, 11) is 0. The molecule has 0 aromatic carbocycles. The van der Waals surface area contributed by atoms with E-state index in [1.54, 1.807) is 6.26 Å². The van der Waals surface area contributed by atoms with Gasteiger partial charge in [0.05, 0.1) is 10.7 Å². The summed E-state index contributed by atoms with van der Waals surface area (Å²) in [5, 5.41) is 0. The molecule has 0 spiro atoms. The Labute approximate surface area is 80.3 Å². The Morgan fingerprint density at radius 3 is 2.92 bits per heavy atom. The van der Waals surface area contributed by atoms with Crippen molar-refractivity contribution in [3.8, 4) is 0 Å². The van der Waals surface area contributed by atoms with Crippen molar-refractivity contribution in [2.45, 2.75) is 25.3 Å². The molecule has 66 valence electrons. The van der Waals surface area contributed by atoms with Gasteiger partial charge in [-0.1, -0.05) is 0 Å². The molecule has 0 saturated heterocycles. The molecule has 0 aliphatic heterocycles. The van der Waals surface area contributed by atoms with Crippen LogP contribution in [0.25, 0.3) is 0 Å². The molecule has 2 nitrogen and oxygen atoms in total. The topological polar surface area (TPSA) is 39.2 Å². The van der Waals surface area contributed by atoms with Gasteiger partial charge >= 0.3 is 0 Å². The minimum Gasteiger partial charge on any atom is -0.468 e. The fourth-order valence-corrected chi connectivity index (χ4v) is 2.16. The summed E-state index contributed by atoms with van der Waals surface area (Å²) < 4.78 is 6.45. The summed E-state index contributed by atoms with van der Waals surface area (Å²) in [4.78, 5) is 0. The average molecular weight is 230 g/mol. The van der Waals surface area contributed by atoms with Crippen molar-refractivity contribution in [3.05, 3.63) is 22.6 Å². The minimum atomic E-state index is 0.284. The highest BCUT2D eigenvalue weighted by molar-refractivity contribution is 9.10. The van der Waals surface area contributed by atoms with E-state index in [-0.39, 0.29) is 6.04 Å². The molecule has 12 heavy (non-hydrogen) atoms. The third-order valence-electron chi connectivity index (χ3n) is 2.50. The summed E-state index contributed by atoms with van der Waals surface area (Å²) >= 11 is 3.45. The maximum Gasteiger partial charge on any atom is 0.121 e. The van der Waals surface area contributed by atoms with Gasteiger partial charge in [0.25, 0.3) is 0 Å². The van der Waals surface area contributed by atoms with Crippen molar-refractivity contribution in [3.63, 3.8) is 0 Å². The van der Waals surface area contributed by atoms with Crippen LogP contribution >= 0.6 is 15.9 Å². The lowest BCUT2D eigenvalue weighted by atomic mass is 10.1. The molecule has 1 aliphatic carbocycles. The van der Waals surface area contributed by atoms with Gasteiger partial charge in [-0.05, 0) is 41.3 Å². The Morgan fingerprint density at radius 1 is 1.75 bits per heavy atom. The molecule has 1 aromatic heterocycles. The number of hydrogen-bond donors (Lipinski definition) is 1. The first-order chi connectivity index (χ1) is 5.70. The monoisotopic (exact) mass is 229 g/mol. The Hall–Kier alpha value is -0.280. The lowest BCUT2D eigenvalue weighted by molar-refractivity contribution is 0.491. The standard InChI is InChI=1S/C9H12BrNO/c1-5(11)6-4-7(6)9-8(10)2-3-12-9/h2-3,5-7H,4,11H2,1H3. The maximum absolute atomic E-state index is 5.79.